The number of aliphatic hydroxyl groups is 1. The van der Waals surface area contributed by atoms with E-state index in [1.54, 1.807) is 0 Å². The van der Waals surface area contributed by atoms with Crippen LogP contribution in [0.1, 0.15) is 12.8 Å². The van der Waals surface area contributed by atoms with Gasteiger partial charge in [0.2, 0.25) is 0 Å². The number of para-hydroxylation sites is 1. The number of ether oxygens (including phenoxy) is 1. The largest absolute Gasteiger partial charge is 0.457 e. The summed E-state index contributed by atoms with van der Waals surface area (Å²) in [6, 6.07) is 19.5. The predicted molar refractivity (Wildman–Crippen MR) is 122 cm³/mol. The summed E-state index contributed by atoms with van der Waals surface area (Å²) in [5, 5.41) is 17.7. The average molecular weight is 415 g/mol. The molecule has 4 aromatic rings. The van der Waals surface area contributed by atoms with Crippen molar-refractivity contribution in [2.75, 3.05) is 30.3 Å². The van der Waals surface area contributed by atoms with E-state index in [0.717, 1.165) is 65.4 Å². The van der Waals surface area contributed by atoms with Crippen LogP contribution in [0.25, 0.3) is 22.2 Å². The van der Waals surface area contributed by atoms with Crippen LogP contribution in [0.5, 0.6) is 11.5 Å². The molecule has 31 heavy (non-hydrogen) atoms. The van der Waals surface area contributed by atoms with Gasteiger partial charge in [0.05, 0.1) is 16.6 Å². The molecule has 7 nitrogen and oxygen atoms in total. The summed E-state index contributed by atoms with van der Waals surface area (Å²) in [5.41, 5.74) is 8.75. The Labute approximate surface area is 180 Å². The number of pyridine rings is 1. The molecule has 7 heteroatoms. The highest BCUT2D eigenvalue weighted by molar-refractivity contribution is 6.01. The number of fused-ring (bicyclic) bond motifs is 1. The molecule has 0 amide bonds. The zero-order valence-electron chi connectivity index (χ0n) is 17.2. The van der Waals surface area contributed by atoms with E-state index in [1.807, 2.05) is 60.7 Å². The third kappa shape index (κ3) is 3.92. The highest BCUT2D eigenvalue weighted by Gasteiger charge is 2.22. The first kappa shape index (κ1) is 19.4. The van der Waals surface area contributed by atoms with Gasteiger partial charge in [0.25, 0.3) is 0 Å². The number of aromatic amines is 1. The van der Waals surface area contributed by atoms with E-state index in [2.05, 4.69) is 15.1 Å². The summed E-state index contributed by atoms with van der Waals surface area (Å²) in [4.78, 5) is 7.21. The summed E-state index contributed by atoms with van der Waals surface area (Å²) in [6.45, 7) is 1.91. The van der Waals surface area contributed by atoms with Gasteiger partial charge in [-0.3, -0.25) is 5.10 Å². The average Bonchev–Trinajstić information content (AvgIpc) is 3.20. The Morgan fingerprint density at radius 2 is 1.87 bits per heavy atom. The van der Waals surface area contributed by atoms with E-state index in [4.69, 9.17) is 15.5 Å². The predicted octanol–water partition coefficient (Wildman–Crippen LogP) is 4.21. The van der Waals surface area contributed by atoms with Gasteiger partial charge in [-0.15, -0.1) is 0 Å². The fraction of sp³-hybridized carbons (Fsp3) is 0.250. The van der Waals surface area contributed by atoms with Crippen molar-refractivity contribution in [1.29, 1.82) is 0 Å². The molecule has 0 spiro atoms. The zero-order valence-corrected chi connectivity index (χ0v) is 17.2. The van der Waals surface area contributed by atoms with Gasteiger partial charge in [-0.25, -0.2) is 4.98 Å². The van der Waals surface area contributed by atoms with Gasteiger partial charge in [0.1, 0.15) is 17.3 Å². The SMILES string of the molecule is Nc1n[nH]c2cc(N3CCCC(CO)C3)nc(-c3ccc(Oc4ccccc4)cc3)c12. The van der Waals surface area contributed by atoms with Crippen molar-refractivity contribution in [3.05, 3.63) is 60.7 Å². The van der Waals surface area contributed by atoms with Crippen LogP contribution in [-0.2, 0) is 0 Å². The molecule has 1 aliphatic heterocycles. The molecular weight excluding hydrogens is 390 g/mol. The highest BCUT2D eigenvalue weighted by atomic mass is 16.5. The zero-order chi connectivity index (χ0) is 21.2. The van der Waals surface area contributed by atoms with Crippen LogP contribution in [-0.4, -0.2) is 40.0 Å². The first-order chi connectivity index (χ1) is 15.2. The monoisotopic (exact) mass is 415 g/mol. The highest BCUT2D eigenvalue weighted by Crippen LogP contribution is 2.35. The first-order valence-electron chi connectivity index (χ1n) is 10.5. The summed E-state index contributed by atoms with van der Waals surface area (Å²) < 4.78 is 5.91. The Kier molecular flexibility index (Phi) is 5.18. The molecule has 3 heterocycles. The number of aromatic nitrogens is 3. The number of rotatable bonds is 5. The van der Waals surface area contributed by atoms with Crippen LogP contribution < -0.4 is 15.4 Å². The van der Waals surface area contributed by atoms with Gasteiger partial charge >= 0.3 is 0 Å². The number of nitrogen functional groups attached to an aromatic ring is 1. The molecular formula is C24H25N5O2. The van der Waals surface area contributed by atoms with E-state index in [0.29, 0.717) is 5.82 Å². The van der Waals surface area contributed by atoms with E-state index in [-0.39, 0.29) is 12.5 Å². The standard InChI is InChI=1S/C24H25N5O2/c25-24-22-20(27-28-24)13-21(29-12-4-5-16(14-29)15-30)26-23(22)17-8-10-19(11-9-17)31-18-6-2-1-3-7-18/h1-3,6-11,13,16,30H,4-5,12,14-15H2,(H3,25,27,28). The summed E-state index contributed by atoms with van der Waals surface area (Å²) in [7, 11) is 0. The van der Waals surface area contributed by atoms with E-state index >= 15 is 0 Å². The van der Waals surface area contributed by atoms with Gasteiger partial charge < -0.3 is 20.5 Å². The van der Waals surface area contributed by atoms with Crippen LogP contribution >= 0.6 is 0 Å². The van der Waals surface area contributed by atoms with Crippen molar-refractivity contribution in [2.45, 2.75) is 12.8 Å². The fourth-order valence-electron chi connectivity index (χ4n) is 4.15. The van der Waals surface area contributed by atoms with Crippen molar-refractivity contribution in [3.8, 4) is 22.8 Å². The smallest absolute Gasteiger partial charge is 0.155 e. The molecule has 1 atom stereocenters. The second kappa shape index (κ2) is 8.28. The van der Waals surface area contributed by atoms with E-state index in [9.17, 15) is 5.11 Å². The fourth-order valence-corrected chi connectivity index (χ4v) is 4.15. The topological polar surface area (TPSA) is 100 Å². The third-order valence-corrected chi connectivity index (χ3v) is 5.77. The maximum Gasteiger partial charge on any atom is 0.155 e. The molecule has 2 aromatic heterocycles. The van der Waals surface area contributed by atoms with Crippen LogP contribution in [0, 0.1) is 5.92 Å². The van der Waals surface area contributed by atoms with Crippen molar-refractivity contribution < 1.29 is 9.84 Å². The van der Waals surface area contributed by atoms with Gasteiger partial charge in [-0.05, 0) is 55.2 Å². The Hall–Kier alpha value is -3.58. The van der Waals surface area contributed by atoms with Gasteiger partial charge in [-0.2, -0.15) is 5.10 Å². The molecule has 2 aromatic carbocycles. The number of aliphatic hydroxyl groups excluding tert-OH is 1. The normalized spacial score (nSPS) is 16.5. The van der Waals surface area contributed by atoms with Crippen LogP contribution in [0.3, 0.4) is 0 Å². The number of anilines is 2. The molecule has 0 aliphatic carbocycles. The Balaban J connectivity index is 1.50. The summed E-state index contributed by atoms with van der Waals surface area (Å²) in [5.74, 6) is 3.12. The van der Waals surface area contributed by atoms with Crippen molar-refractivity contribution in [3.63, 3.8) is 0 Å². The third-order valence-electron chi connectivity index (χ3n) is 5.77. The number of benzene rings is 2. The number of piperidine rings is 1. The maximum atomic E-state index is 9.60. The molecule has 0 radical (unpaired) electrons. The molecule has 0 bridgehead atoms. The maximum absolute atomic E-state index is 9.60. The lowest BCUT2D eigenvalue weighted by atomic mass is 9.99. The van der Waals surface area contributed by atoms with Crippen LogP contribution in [0.4, 0.5) is 11.6 Å². The van der Waals surface area contributed by atoms with Crippen molar-refractivity contribution in [1.82, 2.24) is 15.2 Å². The second-order valence-corrected chi connectivity index (χ2v) is 7.94. The summed E-state index contributed by atoms with van der Waals surface area (Å²) >= 11 is 0. The van der Waals surface area contributed by atoms with Crippen LogP contribution in [0.2, 0.25) is 0 Å². The minimum absolute atomic E-state index is 0.200. The molecule has 1 aliphatic rings. The minimum Gasteiger partial charge on any atom is -0.457 e. The molecule has 5 rings (SSSR count). The van der Waals surface area contributed by atoms with E-state index < -0.39 is 0 Å². The van der Waals surface area contributed by atoms with Gasteiger partial charge in [0.15, 0.2) is 5.82 Å². The Morgan fingerprint density at radius 3 is 2.65 bits per heavy atom. The van der Waals surface area contributed by atoms with Gasteiger partial charge in [-0.1, -0.05) is 18.2 Å². The molecule has 0 saturated carbocycles. The number of hydrogen-bond acceptors (Lipinski definition) is 6. The van der Waals surface area contributed by atoms with E-state index in [1.165, 1.54) is 0 Å². The minimum atomic E-state index is 0.200. The number of hydrogen-bond donors (Lipinski definition) is 3. The molecule has 4 N–H and O–H groups in total. The quantitative estimate of drug-likeness (QED) is 0.451. The number of nitrogens with one attached hydrogen (secondary N) is 1. The second-order valence-electron chi connectivity index (χ2n) is 7.94. The molecule has 1 saturated heterocycles. The van der Waals surface area contributed by atoms with Crippen LogP contribution in [0.15, 0.2) is 60.7 Å². The number of H-pyrrole nitrogens is 1. The molecule has 1 fully saturated rings. The summed E-state index contributed by atoms with van der Waals surface area (Å²) in [6.07, 6.45) is 2.08. The Morgan fingerprint density at radius 1 is 1.10 bits per heavy atom. The van der Waals surface area contributed by atoms with Crippen molar-refractivity contribution in [2.24, 2.45) is 5.92 Å². The number of nitrogens with zero attached hydrogens (tertiary/aromatic N) is 3. The lowest BCUT2D eigenvalue weighted by Gasteiger charge is -2.33. The van der Waals surface area contributed by atoms with Gasteiger partial charge in [0, 0.05) is 31.3 Å². The molecule has 1 unspecified atom stereocenters. The lowest BCUT2D eigenvalue weighted by Crippen LogP contribution is -2.37. The first-order valence-corrected chi connectivity index (χ1v) is 10.5. The Bertz CT molecular complexity index is 1170. The lowest BCUT2D eigenvalue weighted by molar-refractivity contribution is 0.208. The van der Waals surface area contributed by atoms with Crippen molar-refractivity contribution >= 4 is 22.5 Å². The number of nitrogens with two attached hydrogens (primary N) is 1. The molecule has 158 valence electrons.